The minimum Gasteiger partial charge on any atom is -0.507 e. The number of nitrogens with zero attached hydrogens (tertiary/aromatic N) is 1. The lowest BCUT2D eigenvalue weighted by Gasteiger charge is -2.27. The Balaban J connectivity index is 1.61. The molecule has 38 heavy (non-hydrogen) atoms. The number of methoxy groups -OCH3 is 3. The summed E-state index contributed by atoms with van der Waals surface area (Å²) >= 11 is 0. The molecule has 5 rings (SSSR count). The predicted octanol–water partition coefficient (Wildman–Crippen LogP) is 4.86. The Bertz CT molecular complexity index is 1540. The third kappa shape index (κ3) is 4.34. The van der Waals surface area contributed by atoms with Gasteiger partial charge in [0.15, 0.2) is 0 Å². The van der Waals surface area contributed by atoms with E-state index < -0.39 is 17.7 Å². The number of carbonyl (C=O) groups excluding carboxylic acids is 2. The number of carbonyl (C=O) groups is 2. The largest absolute Gasteiger partial charge is 0.507 e. The van der Waals surface area contributed by atoms with Gasteiger partial charge in [0.25, 0.3) is 11.7 Å². The number of ether oxygens (including phenoxy) is 3. The number of fused-ring (bicyclic) bond motifs is 1. The summed E-state index contributed by atoms with van der Waals surface area (Å²) in [6.07, 6.45) is 2.43. The molecule has 8 nitrogen and oxygen atoms in total. The Hall–Kier alpha value is -4.72. The van der Waals surface area contributed by atoms with Crippen LogP contribution < -0.4 is 14.2 Å². The molecule has 3 aromatic carbocycles. The third-order valence-corrected chi connectivity index (χ3v) is 6.94. The van der Waals surface area contributed by atoms with Crippen molar-refractivity contribution < 1.29 is 28.9 Å². The molecule has 1 saturated heterocycles. The molecule has 0 saturated carbocycles. The van der Waals surface area contributed by atoms with E-state index in [4.69, 9.17) is 14.2 Å². The van der Waals surface area contributed by atoms with E-state index in [2.05, 4.69) is 4.98 Å². The number of ketones is 1. The van der Waals surface area contributed by atoms with E-state index >= 15 is 0 Å². The van der Waals surface area contributed by atoms with Crippen molar-refractivity contribution in [3.63, 3.8) is 0 Å². The Morgan fingerprint density at radius 1 is 0.921 bits per heavy atom. The number of hydrogen-bond donors (Lipinski definition) is 2. The number of nitrogens with one attached hydrogen (secondary N) is 1. The first-order valence-electron chi connectivity index (χ1n) is 12.2. The zero-order valence-electron chi connectivity index (χ0n) is 21.4. The standard InChI is InChI=1S/C30H28N2O6/c1-36-20-10-8-18(9-11-20)28(33)26-27(23-13-12-21(37-2)16-25(23)38-3)32(30(35)29(26)34)15-14-19-17-31-24-7-5-4-6-22(19)24/h4-13,16-17,27,31,33H,14-15H2,1-3H3/t27-/m0/s1. The van der Waals surface area contributed by atoms with Gasteiger partial charge in [0.1, 0.15) is 23.0 Å². The smallest absolute Gasteiger partial charge is 0.295 e. The van der Waals surface area contributed by atoms with Gasteiger partial charge in [-0.25, -0.2) is 0 Å². The quantitative estimate of drug-likeness (QED) is 0.199. The maximum Gasteiger partial charge on any atom is 0.295 e. The molecule has 0 bridgehead atoms. The first kappa shape index (κ1) is 25.0. The summed E-state index contributed by atoms with van der Waals surface area (Å²) in [5.74, 6) is -0.0778. The van der Waals surface area contributed by atoms with Crippen molar-refractivity contribution in [3.8, 4) is 17.2 Å². The molecule has 1 atom stereocenters. The van der Waals surface area contributed by atoms with E-state index in [1.54, 1.807) is 56.7 Å². The van der Waals surface area contributed by atoms with Crippen LogP contribution in [0, 0.1) is 0 Å². The van der Waals surface area contributed by atoms with Gasteiger partial charge in [-0.05, 0) is 54.4 Å². The van der Waals surface area contributed by atoms with Crippen LogP contribution in [0.15, 0.2) is 78.5 Å². The van der Waals surface area contributed by atoms with Crippen molar-refractivity contribution in [1.29, 1.82) is 0 Å². The van der Waals surface area contributed by atoms with E-state index in [-0.39, 0.29) is 17.9 Å². The van der Waals surface area contributed by atoms with Crippen LogP contribution >= 0.6 is 0 Å². The number of aliphatic hydroxyl groups excluding tert-OH is 1. The second-order valence-electron chi connectivity index (χ2n) is 8.94. The van der Waals surface area contributed by atoms with Crippen LogP contribution in [0.1, 0.15) is 22.7 Å². The molecule has 1 aliphatic rings. The predicted molar refractivity (Wildman–Crippen MR) is 144 cm³/mol. The van der Waals surface area contributed by atoms with Crippen LogP contribution in [-0.4, -0.2) is 54.6 Å². The van der Waals surface area contributed by atoms with Gasteiger partial charge in [-0.1, -0.05) is 18.2 Å². The molecule has 194 valence electrons. The Morgan fingerprint density at radius 3 is 2.34 bits per heavy atom. The highest BCUT2D eigenvalue weighted by atomic mass is 16.5. The summed E-state index contributed by atoms with van der Waals surface area (Å²) in [5, 5.41) is 12.4. The topological polar surface area (TPSA) is 101 Å². The molecule has 4 aromatic rings. The Kier molecular flexibility index (Phi) is 6.79. The van der Waals surface area contributed by atoms with E-state index in [0.717, 1.165) is 16.5 Å². The number of hydrogen-bond acceptors (Lipinski definition) is 6. The summed E-state index contributed by atoms with van der Waals surface area (Å²) in [6, 6.07) is 18.9. The number of aromatic nitrogens is 1. The van der Waals surface area contributed by atoms with Crippen LogP contribution in [0.3, 0.4) is 0 Å². The van der Waals surface area contributed by atoms with Gasteiger partial charge < -0.3 is 29.2 Å². The van der Waals surface area contributed by atoms with Gasteiger partial charge >= 0.3 is 0 Å². The number of H-pyrrole nitrogens is 1. The fourth-order valence-corrected chi connectivity index (χ4v) is 4.96. The van der Waals surface area contributed by atoms with Crippen molar-refractivity contribution in [1.82, 2.24) is 9.88 Å². The molecular weight excluding hydrogens is 484 g/mol. The number of benzene rings is 3. The number of amides is 1. The van der Waals surface area contributed by atoms with Gasteiger partial charge in [-0.3, -0.25) is 9.59 Å². The SMILES string of the molecule is COc1ccc(C(O)=C2C(=O)C(=O)N(CCc3c[nH]c4ccccc34)[C@H]2c2ccc(OC)cc2OC)cc1. The van der Waals surface area contributed by atoms with Crippen molar-refractivity contribution in [2.45, 2.75) is 12.5 Å². The number of Topliss-reactive ketones (excluding diaryl/α,β-unsaturated/α-hetero) is 1. The Morgan fingerprint density at radius 2 is 1.63 bits per heavy atom. The summed E-state index contributed by atoms with van der Waals surface area (Å²) in [4.78, 5) is 31.6. The van der Waals surface area contributed by atoms with Crippen LogP contribution in [0.25, 0.3) is 16.7 Å². The molecule has 1 amide bonds. The molecular formula is C30H28N2O6. The molecule has 2 N–H and O–H groups in total. The van der Waals surface area contributed by atoms with Crippen LogP contribution in [-0.2, 0) is 16.0 Å². The second-order valence-corrected chi connectivity index (χ2v) is 8.94. The lowest BCUT2D eigenvalue weighted by Crippen LogP contribution is -2.31. The lowest BCUT2D eigenvalue weighted by molar-refractivity contribution is -0.139. The van der Waals surface area contributed by atoms with E-state index in [1.807, 2.05) is 30.5 Å². The minimum atomic E-state index is -0.858. The van der Waals surface area contributed by atoms with E-state index in [0.29, 0.717) is 34.8 Å². The van der Waals surface area contributed by atoms with Crippen molar-refractivity contribution in [3.05, 3.63) is 95.2 Å². The highest BCUT2D eigenvalue weighted by Crippen LogP contribution is 2.44. The average molecular weight is 513 g/mol. The molecule has 1 fully saturated rings. The fraction of sp³-hybridized carbons (Fsp3) is 0.200. The normalized spacial score (nSPS) is 16.7. The van der Waals surface area contributed by atoms with Crippen molar-refractivity contribution >= 4 is 28.4 Å². The number of rotatable bonds is 8. The van der Waals surface area contributed by atoms with E-state index in [1.165, 1.54) is 12.0 Å². The summed E-state index contributed by atoms with van der Waals surface area (Å²) in [7, 11) is 4.61. The first-order valence-corrected chi connectivity index (χ1v) is 12.2. The molecule has 0 radical (unpaired) electrons. The highest BCUT2D eigenvalue weighted by molar-refractivity contribution is 6.46. The average Bonchev–Trinajstić information content (AvgIpc) is 3.49. The monoisotopic (exact) mass is 512 g/mol. The van der Waals surface area contributed by atoms with Crippen molar-refractivity contribution in [2.75, 3.05) is 27.9 Å². The molecule has 1 aromatic heterocycles. The second kappa shape index (κ2) is 10.3. The maximum atomic E-state index is 13.4. The molecule has 0 unspecified atom stereocenters. The van der Waals surface area contributed by atoms with Crippen LogP contribution in [0.5, 0.6) is 17.2 Å². The molecule has 0 aliphatic carbocycles. The van der Waals surface area contributed by atoms with Gasteiger partial charge in [0, 0.05) is 40.8 Å². The summed E-state index contributed by atoms with van der Waals surface area (Å²) in [5.41, 5.74) is 3.00. The molecule has 2 heterocycles. The highest BCUT2D eigenvalue weighted by Gasteiger charge is 2.47. The summed E-state index contributed by atoms with van der Waals surface area (Å²) in [6.45, 7) is 0.256. The minimum absolute atomic E-state index is 0.00237. The number of para-hydroxylation sites is 1. The zero-order chi connectivity index (χ0) is 26.8. The molecule has 0 spiro atoms. The fourth-order valence-electron chi connectivity index (χ4n) is 4.96. The van der Waals surface area contributed by atoms with E-state index in [9.17, 15) is 14.7 Å². The lowest BCUT2D eigenvalue weighted by atomic mass is 9.94. The third-order valence-electron chi connectivity index (χ3n) is 6.94. The number of aromatic amines is 1. The number of aliphatic hydroxyl groups is 1. The Labute approximate surface area is 220 Å². The number of likely N-dealkylation sites (tertiary alicyclic amines) is 1. The molecule has 8 heteroatoms. The zero-order valence-corrected chi connectivity index (χ0v) is 21.4. The first-order chi connectivity index (χ1) is 18.5. The van der Waals surface area contributed by atoms with Crippen molar-refractivity contribution in [2.24, 2.45) is 0 Å². The van der Waals surface area contributed by atoms with Gasteiger partial charge in [0.05, 0.1) is 32.9 Å². The van der Waals surface area contributed by atoms with Crippen LogP contribution in [0.4, 0.5) is 0 Å². The van der Waals surface area contributed by atoms with Gasteiger partial charge in [0.2, 0.25) is 0 Å². The van der Waals surface area contributed by atoms with Crippen LogP contribution in [0.2, 0.25) is 0 Å². The summed E-state index contributed by atoms with van der Waals surface area (Å²) < 4.78 is 16.2. The van der Waals surface area contributed by atoms with Gasteiger partial charge in [-0.15, -0.1) is 0 Å². The maximum absolute atomic E-state index is 13.4. The molecule has 1 aliphatic heterocycles. The van der Waals surface area contributed by atoms with Gasteiger partial charge in [-0.2, -0.15) is 0 Å².